The molecule has 0 bridgehead atoms. The van der Waals surface area contributed by atoms with E-state index in [0.29, 0.717) is 4.91 Å². The van der Waals surface area contributed by atoms with Crippen LogP contribution in [0.1, 0.15) is 73.3 Å². The quantitative estimate of drug-likeness (QED) is 0.340. The highest BCUT2D eigenvalue weighted by Crippen LogP contribution is 2.19. The van der Waals surface area contributed by atoms with Gasteiger partial charge in [-0.15, -0.1) is 0 Å². The van der Waals surface area contributed by atoms with E-state index in [0.717, 1.165) is 62.4 Å². The smallest absolute Gasteiger partial charge is 0.107 e. The molecule has 2 N–H and O–H groups in total. The van der Waals surface area contributed by atoms with Gasteiger partial charge in [-0.05, 0) is 81.7 Å². The predicted octanol–water partition coefficient (Wildman–Crippen LogP) is 6.63. The van der Waals surface area contributed by atoms with E-state index in [9.17, 15) is 0 Å². The second-order valence-corrected chi connectivity index (χ2v) is 9.14. The molecule has 0 saturated carbocycles. The molecule has 4 nitrogen and oxygen atoms in total. The zero-order valence-corrected chi connectivity index (χ0v) is 20.3. The lowest BCUT2D eigenvalue weighted by Crippen LogP contribution is -2.24. The monoisotopic (exact) mass is 419 g/mol. The summed E-state index contributed by atoms with van der Waals surface area (Å²) in [6, 6.07) is 10.3. The van der Waals surface area contributed by atoms with Crippen LogP contribution in [0.4, 0.5) is 5.69 Å². The highest BCUT2D eigenvalue weighted by Gasteiger charge is 2.09. The number of nitrogens with two attached hydrogens (primary N) is 1. The Labute approximate surface area is 183 Å². The number of benzene rings is 1. The summed E-state index contributed by atoms with van der Waals surface area (Å²) in [7, 11) is 0. The van der Waals surface area contributed by atoms with E-state index in [4.69, 9.17) is 15.1 Å². The summed E-state index contributed by atoms with van der Waals surface area (Å²) in [5.74, 6) is 0.752. The normalized spacial score (nSPS) is 11.7. The number of rotatable bonds is 10. The molecule has 0 amide bonds. The van der Waals surface area contributed by atoms with Crippen LogP contribution in [0.2, 0.25) is 0 Å². The molecular formula is C24H41N3OS. The largest absolute Gasteiger partial charge is 0.376 e. The lowest BCUT2D eigenvalue weighted by Gasteiger charge is -2.23. The Balaban J connectivity index is 0.000000665. The van der Waals surface area contributed by atoms with Crippen LogP contribution < -0.4 is 10.0 Å². The van der Waals surface area contributed by atoms with E-state index in [1.807, 2.05) is 12.1 Å². The lowest BCUT2D eigenvalue weighted by atomic mass is 10.1. The van der Waals surface area contributed by atoms with Gasteiger partial charge in [-0.25, -0.2) is 0 Å². The van der Waals surface area contributed by atoms with Crippen molar-refractivity contribution in [3.63, 3.8) is 0 Å². The van der Waals surface area contributed by atoms with Crippen molar-refractivity contribution in [3.05, 3.63) is 34.7 Å². The molecule has 0 heterocycles. The zero-order chi connectivity index (χ0) is 22.3. The van der Waals surface area contributed by atoms with Gasteiger partial charge in [0, 0.05) is 25.4 Å². The summed E-state index contributed by atoms with van der Waals surface area (Å²) in [5.41, 5.74) is 2.28. The maximum absolute atomic E-state index is 8.84. The molecule has 0 spiro atoms. The Morgan fingerprint density at radius 1 is 1.17 bits per heavy atom. The molecule has 1 aromatic carbocycles. The first-order chi connectivity index (χ1) is 13.7. The van der Waals surface area contributed by atoms with Gasteiger partial charge in [0.15, 0.2) is 0 Å². The summed E-state index contributed by atoms with van der Waals surface area (Å²) in [6.07, 6.45) is 5.25. The number of hydrogen-bond acceptors (Lipinski definition) is 5. The third-order valence-corrected chi connectivity index (χ3v) is 4.47. The van der Waals surface area contributed by atoms with Crippen LogP contribution in [0.25, 0.3) is 6.08 Å². The fourth-order valence-electron chi connectivity index (χ4n) is 2.54. The topological polar surface area (TPSA) is 62.3 Å². The lowest BCUT2D eigenvalue weighted by molar-refractivity contribution is -0.00774. The highest BCUT2D eigenvalue weighted by molar-refractivity contribution is 8.01. The molecular weight excluding hydrogens is 378 g/mol. The summed E-state index contributed by atoms with van der Waals surface area (Å²) in [4.78, 5) is 2.91. The Kier molecular flexibility index (Phi) is 14.6. The van der Waals surface area contributed by atoms with Crippen LogP contribution in [0.3, 0.4) is 0 Å². The van der Waals surface area contributed by atoms with Gasteiger partial charge in [0.1, 0.15) is 11.0 Å². The number of hydrogen-bond donors (Lipinski definition) is 1. The summed E-state index contributed by atoms with van der Waals surface area (Å²) >= 11 is 0.981. The van der Waals surface area contributed by atoms with Crippen LogP contribution in [-0.4, -0.2) is 25.3 Å². The SMILES string of the molecule is CC(C)CCOC(C)(C)C.CCCN(CCC)c1ccc(/C=C(\C#N)SN)cc1. The van der Waals surface area contributed by atoms with Crippen molar-refractivity contribution in [2.75, 3.05) is 24.6 Å². The molecule has 0 atom stereocenters. The molecule has 164 valence electrons. The Morgan fingerprint density at radius 3 is 2.10 bits per heavy atom. The first-order valence-electron chi connectivity index (χ1n) is 10.6. The summed E-state index contributed by atoms with van der Waals surface area (Å²) < 4.78 is 5.54. The van der Waals surface area contributed by atoms with E-state index in [1.165, 1.54) is 5.69 Å². The minimum Gasteiger partial charge on any atom is -0.376 e. The van der Waals surface area contributed by atoms with Crippen LogP contribution in [0.15, 0.2) is 29.2 Å². The molecule has 0 aromatic heterocycles. The molecule has 0 saturated heterocycles. The molecule has 5 heteroatoms. The number of anilines is 1. The van der Waals surface area contributed by atoms with Gasteiger partial charge in [-0.1, -0.05) is 39.8 Å². The van der Waals surface area contributed by atoms with Gasteiger partial charge >= 0.3 is 0 Å². The molecule has 29 heavy (non-hydrogen) atoms. The first-order valence-corrected chi connectivity index (χ1v) is 11.5. The number of nitriles is 1. The highest BCUT2D eigenvalue weighted by atomic mass is 32.2. The third kappa shape index (κ3) is 14.2. The van der Waals surface area contributed by atoms with Crippen LogP contribution in [0.5, 0.6) is 0 Å². The first kappa shape index (κ1) is 27.5. The zero-order valence-electron chi connectivity index (χ0n) is 19.5. The second kappa shape index (κ2) is 15.4. The van der Waals surface area contributed by atoms with Gasteiger partial charge in [-0.2, -0.15) is 5.26 Å². The van der Waals surface area contributed by atoms with Crippen LogP contribution >= 0.6 is 11.9 Å². The standard InChI is InChI=1S/C15H21N3S.C9H20O/c1-3-9-18(10-4-2)14-7-5-13(6-8-14)11-15(12-16)19-17;1-8(2)6-7-10-9(3,4)5/h5-8,11H,3-4,9-10,17H2,1-2H3;8H,6-7H2,1-5H3/b15-11+;. The Bertz CT molecular complexity index is 606. The van der Waals surface area contributed by atoms with Crippen molar-refractivity contribution < 1.29 is 4.74 Å². The average Bonchev–Trinajstić information content (AvgIpc) is 2.65. The fourth-order valence-corrected chi connectivity index (χ4v) is 2.79. The van der Waals surface area contributed by atoms with E-state index >= 15 is 0 Å². The number of allylic oxidation sites excluding steroid dienone is 1. The molecule has 0 aliphatic carbocycles. The van der Waals surface area contributed by atoms with Gasteiger partial charge < -0.3 is 9.64 Å². The number of ether oxygens (including phenoxy) is 1. The van der Waals surface area contributed by atoms with Gasteiger partial charge in [0.2, 0.25) is 0 Å². The Morgan fingerprint density at radius 2 is 1.72 bits per heavy atom. The molecule has 0 fully saturated rings. The molecule has 0 aliphatic rings. The molecule has 0 unspecified atom stereocenters. The van der Waals surface area contributed by atoms with Crippen molar-refractivity contribution in [2.45, 2.75) is 73.3 Å². The van der Waals surface area contributed by atoms with Crippen molar-refractivity contribution in [1.29, 1.82) is 5.26 Å². The molecule has 1 aromatic rings. The van der Waals surface area contributed by atoms with E-state index in [-0.39, 0.29) is 5.60 Å². The van der Waals surface area contributed by atoms with Gasteiger partial charge in [0.05, 0.1) is 5.60 Å². The van der Waals surface area contributed by atoms with Crippen molar-refractivity contribution >= 4 is 23.7 Å². The Hall–Kier alpha value is -1.48. The average molecular weight is 420 g/mol. The van der Waals surface area contributed by atoms with Crippen LogP contribution in [0, 0.1) is 17.2 Å². The van der Waals surface area contributed by atoms with Crippen LogP contribution in [-0.2, 0) is 4.74 Å². The predicted molar refractivity (Wildman–Crippen MR) is 130 cm³/mol. The maximum atomic E-state index is 8.84. The van der Waals surface area contributed by atoms with Crippen molar-refractivity contribution in [2.24, 2.45) is 11.1 Å². The summed E-state index contributed by atoms with van der Waals surface area (Å²) in [6.45, 7) is 18.1. The van der Waals surface area contributed by atoms with Crippen molar-refractivity contribution in [1.82, 2.24) is 0 Å². The van der Waals surface area contributed by atoms with Gasteiger partial charge in [-0.3, -0.25) is 5.14 Å². The van der Waals surface area contributed by atoms with E-state index < -0.39 is 0 Å². The summed E-state index contributed by atoms with van der Waals surface area (Å²) in [5, 5.41) is 14.2. The third-order valence-electron chi connectivity index (χ3n) is 4.01. The minimum absolute atomic E-state index is 0.0366. The molecule has 0 aliphatic heterocycles. The fraction of sp³-hybridized carbons (Fsp3) is 0.625. The molecule has 0 radical (unpaired) electrons. The van der Waals surface area contributed by atoms with E-state index in [2.05, 4.69) is 71.6 Å². The van der Waals surface area contributed by atoms with Gasteiger partial charge in [0.25, 0.3) is 0 Å². The number of nitrogens with zero attached hydrogens (tertiary/aromatic N) is 2. The minimum atomic E-state index is 0.0366. The van der Waals surface area contributed by atoms with Crippen molar-refractivity contribution in [3.8, 4) is 6.07 Å². The molecule has 1 rings (SSSR count). The second-order valence-electron chi connectivity index (χ2n) is 8.46. The van der Waals surface area contributed by atoms with E-state index in [1.54, 1.807) is 6.08 Å². The maximum Gasteiger partial charge on any atom is 0.107 e.